The van der Waals surface area contributed by atoms with Crippen LogP contribution < -0.4 is 5.73 Å². The fraction of sp³-hybridized carbons (Fsp3) is 0.900. The molecule has 0 rings (SSSR count). The summed E-state index contributed by atoms with van der Waals surface area (Å²) < 4.78 is 0. The molecule has 78 valence electrons. The molecule has 0 aliphatic rings. The smallest absolute Gasteiger partial charge is 0.304 e. The molecule has 0 aromatic rings. The Morgan fingerprint density at radius 1 is 1.54 bits per heavy atom. The van der Waals surface area contributed by atoms with Gasteiger partial charge in [-0.25, -0.2) is 0 Å². The third kappa shape index (κ3) is 7.78. The monoisotopic (exact) mass is 187 g/mol. The van der Waals surface area contributed by atoms with Gasteiger partial charge in [0.05, 0.1) is 6.42 Å². The lowest BCUT2D eigenvalue weighted by molar-refractivity contribution is -0.137. The summed E-state index contributed by atoms with van der Waals surface area (Å²) in [6, 6.07) is -0.177. The molecule has 13 heavy (non-hydrogen) atoms. The molecule has 2 atom stereocenters. The van der Waals surface area contributed by atoms with E-state index in [1.54, 1.807) is 0 Å². The first-order chi connectivity index (χ1) is 6.06. The second-order valence-corrected chi connectivity index (χ2v) is 3.84. The standard InChI is InChI=1S/C10H21NO2/c1-3-4-5-8(2)6-9(11)7-10(12)13/h8-9H,3-7,11H2,1-2H3,(H,12,13)/t8-,9-/m0/s1. The second-order valence-electron chi connectivity index (χ2n) is 3.84. The van der Waals surface area contributed by atoms with Crippen LogP contribution in [0.1, 0.15) is 46.0 Å². The Labute approximate surface area is 80.3 Å². The maximum absolute atomic E-state index is 10.3. The van der Waals surface area contributed by atoms with Crippen LogP contribution in [0, 0.1) is 5.92 Å². The molecule has 0 aliphatic carbocycles. The molecule has 0 bridgehead atoms. The number of unbranched alkanes of at least 4 members (excludes halogenated alkanes) is 1. The fourth-order valence-electron chi connectivity index (χ4n) is 1.49. The highest BCUT2D eigenvalue weighted by Gasteiger charge is 2.11. The number of carboxylic acid groups (broad SMARTS) is 1. The van der Waals surface area contributed by atoms with E-state index < -0.39 is 5.97 Å². The van der Waals surface area contributed by atoms with Crippen molar-refractivity contribution in [3.05, 3.63) is 0 Å². The number of carboxylic acids is 1. The average Bonchev–Trinajstić information content (AvgIpc) is 1.98. The molecule has 0 aliphatic heterocycles. The van der Waals surface area contributed by atoms with Crippen LogP contribution in [0.2, 0.25) is 0 Å². The van der Waals surface area contributed by atoms with E-state index in [4.69, 9.17) is 10.8 Å². The molecule has 0 heterocycles. The number of aliphatic carboxylic acids is 1. The van der Waals surface area contributed by atoms with E-state index in [0.29, 0.717) is 5.92 Å². The molecule has 3 N–H and O–H groups in total. The highest BCUT2D eigenvalue weighted by atomic mass is 16.4. The van der Waals surface area contributed by atoms with Crippen molar-refractivity contribution in [3.63, 3.8) is 0 Å². The molecule has 0 aromatic carbocycles. The van der Waals surface area contributed by atoms with E-state index in [2.05, 4.69) is 13.8 Å². The highest BCUT2D eigenvalue weighted by Crippen LogP contribution is 2.14. The van der Waals surface area contributed by atoms with Crippen molar-refractivity contribution >= 4 is 5.97 Å². The zero-order valence-electron chi connectivity index (χ0n) is 8.62. The van der Waals surface area contributed by atoms with Gasteiger partial charge in [0.25, 0.3) is 0 Å². The summed E-state index contributed by atoms with van der Waals surface area (Å²) in [5, 5.41) is 8.49. The summed E-state index contributed by atoms with van der Waals surface area (Å²) in [6.45, 7) is 4.29. The predicted molar refractivity (Wildman–Crippen MR) is 53.5 cm³/mol. The Morgan fingerprint density at radius 2 is 2.15 bits per heavy atom. The first kappa shape index (κ1) is 12.4. The molecule has 0 aromatic heterocycles. The van der Waals surface area contributed by atoms with Crippen LogP contribution in [0.4, 0.5) is 0 Å². The molecular formula is C10H21NO2. The van der Waals surface area contributed by atoms with Gasteiger partial charge >= 0.3 is 5.97 Å². The van der Waals surface area contributed by atoms with Gasteiger partial charge in [0.15, 0.2) is 0 Å². The van der Waals surface area contributed by atoms with Gasteiger partial charge < -0.3 is 10.8 Å². The van der Waals surface area contributed by atoms with Gasteiger partial charge in [-0.2, -0.15) is 0 Å². The van der Waals surface area contributed by atoms with Crippen molar-refractivity contribution in [3.8, 4) is 0 Å². The van der Waals surface area contributed by atoms with Crippen LogP contribution in [0.5, 0.6) is 0 Å². The molecule has 3 heteroatoms. The van der Waals surface area contributed by atoms with Gasteiger partial charge in [0.2, 0.25) is 0 Å². The Kier molecular flexibility index (Phi) is 6.59. The summed E-state index contributed by atoms with van der Waals surface area (Å²) in [7, 11) is 0. The maximum atomic E-state index is 10.3. The Hall–Kier alpha value is -0.570. The van der Waals surface area contributed by atoms with Crippen LogP contribution >= 0.6 is 0 Å². The summed E-state index contributed by atoms with van der Waals surface area (Å²) in [5.74, 6) is -0.246. The number of hydrogen-bond acceptors (Lipinski definition) is 2. The first-order valence-corrected chi connectivity index (χ1v) is 5.03. The lowest BCUT2D eigenvalue weighted by Crippen LogP contribution is -2.25. The lowest BCUT2D eigenvalue weighted by Gasteiger charge is -2.15. The predicted octanol–water partition coefficient (Wildman–Crippen LogP) is 2.00. The largest absolute Gasteiger partial charge is 0.481 e. The Balaban J connectivity index is 3.52. The van der Waals surface area contributed by atoms with E-state index in [9.17, 15) is 4.79 Å². The van der Waals surface area contributed by atoms with E-state index in [1.807, 2.05) is 0 Å². The normalized spacial score (nSPS) is 15.3. The molecule has 0 spiro atoms. The van der Waals surface area contributed by atoms with Crippen molar-refractivity contribution in [2.24, 2.45) is 11.7 Å². The summed E-state index contributed by atoms with van der Waals surface area (Å²) >= 11 is 0. The molecule has 0 fully saturated rings. The summed E-state index contributed by atoms with van der Waals surface area (Å²) in [4.78, 5) is 10.3. The number of nitrogens with two attached hydrogens (primary N) is 1. The third-order valence-electron chi connectivity index (χ3n) is 2.19. The topological polar surface area (TPSA) is 63.3 Å². The highest BCUT2D eigenvalue weighted by molar-refractivity contribution is 5.67. The summed E-state index contributed by atoms with van der Waals surface area (Å²) in [5.41, 5.74) is 5.67. The lowest BCUT2D eigenvalue weighted by atomic mass is 9.95. The van der Waals surface area contributed by atoms with Crippen molar-refractivity contribution in [1.29, 1.82) is 0 Å². The number of rotatable bonds is 7. The van der Waals surface area contributed by atoms with E-state index in [0.717, 1.165) is 12.8 Å². The van der Waals surface area contributed by atoms with Crippen molar-refractivity contribution in [2.75, 3.05) is 0 Å². The van der Waals surface area contributed by atoms with Crippen molar-refractivity contribution < 1.29 is 9.90 Å². The Bertz CT molecular complexity index is 148. The zero-order chi connectivity index (χ0) is 10.3. The first-order valence-electron chi connectivity index (χ1n) is 5.03. The Morgan fingerprint density at radius 3 is 2.62 bits per heavy atom. The van der Waals surface area contributed by atoms with Crippen molar-refractivity contribution in [2.45, 2.75) is 52.0 Å². The van der Waals surface area contributed by atoms with Gasteiger partial charge in [0, 0.05) is 6.04 Å². The minimum absolute atomic E-state index is 0.0937. The molecule has 3 nitrogen and oxygen atoms in total. The molecular weight excluding hydrogens is 166 g/mol. The molecule has 0 saturated carbocycles. The minimum Gasteiger partial charge on any atom is -0.481 e. The molecule has 0 unspecified atom stereocenters. The summed E-state index contributed by atoms with van der Waals surface area (Å²) in [6.07, 6.45) is 4.48. The van der Waals surface area contributed by atoms with Crippen LogP contribution in [0.15, 0.2) is 0 Å². The van der Waals surface area contributed by atoms with Gasteiger partial charge in [0.1, 0.15) is 0 Å². The van der Waals surface area contributed by atoms with Crippen molar-refractivity contribution in [1.82, 2.24) is 0 Å². The van der Waals surface area contributed by atoms with E-state index in [-0.39, 0.29) is 12.5 Å². The van der Waals surface area contributed by atoms with Gasteiger partial charge in [-0.05, 0) is 12.3 Å². The maximum Gasteiger partial charge on any atom is 0.304 e. The number of hydrogen-bond donors (Lipinski definition) is 2. The molecule has 0 amide bonds. The van der Waals surface area contributed by atoms with Crippen LogP contribution in [-0.4, -0.2) is 17.1 Å². The minimum atomic E-state index is -0.796. The van der Waals surface area contributed by atoms with E-state index in [1.165, 1.54) is 12.8 Å². The molecule has 0 radical (unpaired) electrons. The van der Waals surface area contributed by atoms with Gasteiger partial charge in [-0.15, -0.1) is 0 Å². The van der Waals surface area contributed by atoms with Crippen LogP contribution in [0.25, 0.3) is 0 Å². The van der Waals surface area contributed by atoms with Gasteiger partial charge in [-0.3, -0.25) is 4.79 Å². The second kappa shape index (κ2) is 6.89. The number of carbonyl (C=O) groups is 1. The van der Waals surface area contributed by atoms with E-state index >= 15 is 0 Å². The average molecular weight is 187 g/mol. The van der Waals surface area contributed by atoms with Gasteiger partial charge in [-0.1, -0.05) is 33.1 Å². The van der Waals surface area contributed by atoms with Crippen LogP contribution in [-0.2, 0) is 4.79 Å². The zero-order valence-corrected chi connectivity index (χ0v) is 8.62. The fourth-order valence-corrected chi connectivity index (χ4v) is 1.49. The molecule has 0 saturated heterocycles. The third-order valence-corrected chi connectivity index (χ3v) is 2.19. The van der Waals surface area contributed by atoms with Crippen LogP contribution in [0.3, 0.4) is 0 Å². The SMILES string of the molecule is CCCC[C@H](C)C[C@H](N)CC(=O)O. The quantitative estimate of drug-likeness (QED) is 0.640.